The summed E-state index contributed by atoms with van der Waals surface area (Å²) < 4.78 is 16.5. The van der Waals surface area contributed by atoms with Gasteiger partial charge in [-0.3, -0.25) is 4.79 Å². The van der Waals surface area contributed by atoms with Gasteiger partial charge in [0.2, 0.25) is 6.10 Å². The van der Waals surface area contributed by atoms with Gasteiger partial charge < -0.3 is 19.1 Å². The van der Waals surface area contributed by atoms with Gasteiger partial charge in [-0.25, -0.2) is 4.79 Å². The van der Waals surface area contributed by atoms with E-state index in [9.17, 15) is 9.59 Å². The number of anilines is 1. The number of para-hydroxylation sites is 3. The average Bonchev–Trinajstić information content (AvgIpc) is 2.68. The van der Waals surface area contributed by atoms with Crippen LogP contribution in [0.15, 0.2) is 54.6 Å². The van der Waals surface area contributed by atoms with Gasteiger partial charge in [-0.05, 0) is 38.1 Å². The number of rotatable bonds is 5. The van der Waals surface area contributed by atoms with E-state index in [-0.39, 0.29) is 12.5 Å². The van der Waals surface area contributed by atoms with E-state index in [0.717, 1.165) is 5.69 Å². The maximum atomic E-state index is 12.7. The number of hydrogen-bond donors (Lipinski definition) is 0. The molecule has 1 aliphatic heterocycles. The Hall–Kier alpha value is -3.02. The van der Waals surface area contributed by atoms with E-state index >= 15 is 0 Å². The molecule has 0 saturated heterocycles. The first kappa shape index (κ1) is 17.8. The van der Waals surface area contributed by atoms with Crippen molar-refractivity contribution >= 4 is 17.6 Å². The number of hydrogen-bond acceptors (Lipinski definition) is 5. The summed E-state index contributed by atoms with van der Waals surface area (Å²) in [5.74, 6) is 0.162. The molecule has 6 heteroatoms. The van der Waals surface area contributed by atoms with Crippen molar-refractivity contribution in [1.29, 1.82) is 0 Å². The molecule has 0 spiro atoms. The molecule has 136 valence electrons. The van der Waals surface area contributed by atoms with Crippen LogP contribution in [0.5, 0.6) is 11.5 Å². The summed E-state index contributed by atoms with van der Waals surface area (Å²) in [6, 6.07) is 16.4. The molecule has 2 atom stereocenters. The molecule has 0 unspecified atom stereocenters. The summed E-state index contributed by atoms with van der Waals surface area (Å²) in [7, 11) is 0. The lowest BCUT2D eigenvalue weighted by Gasteiger charge is -2.28. The first-order chi connectivity index (χ1) is 12.6. The molecule has 0 saturated carbocycles. The first-order valence-electron chi connectivity index (χ1n) is 8.55. The van der Waals surface area contributed by atoms with Crippen molar-refractivity contribution in [1.82, 2.24) is 0 Å². The summed E-state index contributed by atoms with van der Waals surface area (Å²) in [6.45, 7) is 3.95. The summed E-state index contributed by atoms with van der Waals surface area (Å²) in [5, 5.41) is 0. The van der Waals surface area contributed by atoms with Crippen molar-refractivity contribution in [2.45, 2.75) is 26.1 Å². The fraction of sp³-hybridized carbons (Fsp3) is 0.300. The molecule has 1 amide bonds. The lowest BCUT2D eigenvalue weighted by molar-refractivity contribution is -0.163. The van der Waals surface area contributed by atoms with Crippen LogP contribution in [-0.4, -0.2) is 37.2 Å². The highest BCUT2D eigenvalue weighted by molar-refractivity contribution is 5.97. The van der Waals surface area contributed by atoms with Gasteiger partial charge in [0.05, 0.1) is 0 Å². The molecular formula is C20H21NO5. The highest BCUT2D eigenvalue weighted by Crippen LogP contribution is 2.31. The van der Waals surface area contributed by atoms with Crippen LogP contribution in [0.3, 0.4) is 0 Å². The molecule has 6 nitrogen and oxygen atoms in total. The highest BCUT2D eigenvalue weighted by atomic mass is 16.6. The second-order valence-electron chi connectivity index (χ2n) is 5.86. The Morgan fingerprint density at radius 1 is 1.12 bits per heavy atom. The summed E-state index contributed by atoms with van der Waals surface area (Å²) in [4.78, 5) is 26.6. The molecule has 0 aliphatic carbocycles. The number of carbonyl (C=O) groups is 2. The number of amides is 1. The molecule has 2 aromatic rings. The van der Waals surface area contributed by atoms with Crippen LogP contribution in [0.25, 0.3) is 0 Å². The van der Waals surface area contributed by atoms with Gasteiger partial charge >= 0.3 is 5.97 Å². The van der Waals surface area contributed by atoms with Crippen molar-refractivity contribution in [2.75, 3.05) is 18.1 Å². The first-order valence-corrected chi connectivity index (χ1v) is 8.55. The molecular weight excluding hydrogens is 334 g/mol. The van der Waals surface area contributed by atoms with Gasteiger partial charge in [-0.15, -0.1) is 0 Å². The molecule has 26 heavy (non-hydrogen) atoms. The molecule has 0 N–H and O–H groups in total. The molecule has 3 rings (SSSR count). The van der Waals surface area contributed by atoms with Crippen LogP contribution in [0.2, 0.25) is 0 Å². The number of fused-ring (bicyclic) bond motifs is 1. The Morgan fingerprint density at radius 2 is 1.77 bits per heavy atom. The normalized spacial score (nSPS) is 16.5. The van der Waals surface area contributed by atoms with Crippen LogP contribution < -0.4 is 14.4 Å². The van der Waals surface area contributed by atoms with Crippen LogP contribution in [-0.2, 0) is 14.3 Å². The summed E-state index contributed by atoms with van der Waals surface area (Å²) >= 11 is 0. The predicted octanol–water partition coefficient (Wildman–Crippen LogP) is 2.81. The SMILES string of the molecule is CCN(C(=O)[C@H](C)OC(=O)[C@H]1COc2ccccc2O1)c1ccccc1. The van der Waals surface area contributed by atoms with E-state index in [1.165, 1.54) is 0 Å². The third-order valence-corrected chi connectivity index (χ3v) is 4.06. The lowest BCUT2D eigenvalue weighted by Crippen LogP contribution is -2.44. The van der Waals surface area contributed by atoms with E-state index in [2.05, 4.69) is 0 Å². The minimum Gasteiger partial charge on any atom is -0.485 e. The van der Waals surface area contributed by atoms with Gasteiger partial charge in [-0.1, -0.05) is 30.3 Å². The molecule has 0 aromatic heterocycles. The summed E-state index contributed by atoms with van der Waals surface area (Å²) in [6.07, 6.45) is -1.82. The zero-order valence-corrected chi connectivity index (χ0v) is 14.8. The van der Waals surface area contributed by atoms with E-state index in [0.29, 0.717) is 18.0 Å². The molecule has 2 aromatic carbocycles. The van der Waals surface area contributed by atoms with Crippen molar-refractivity contribution < 1.29 is 23.8 Å². The Morgan fingerprint density at radius 3 is 2.46 bits per heavy atom. The fourth-order valence-electron chi connectivity index (χ4n) is 2.73. The quantitative estimate of drug-likeness (QED) is 0.772. The third kappa shape index (κ3) is 3.79. The van der Waals surface area contributed by atoms with Gasteiger partial charge in [-0.2, -0.15) is 0 Å². The molecule has 1 aliphatic rings. The van der Waals surface area contributed by atoms with Crippen LogP contribution >= 0.6 is 0 Å². The Balaban J connectivity index is 1.63. The van der Waals surface area contributed by atoms with Gasteiger partial charge in [0.25, 0.3) is 5.91 Å². The van der Waals surface area contributed by atoms with Crippen molar-refractivity contribution in [3.63, 3.8) is 0 Å². The molecule has 0 fully saturated rings. The van der Waals surface area contributed by atoms with Crippen LogP contribution in [0, 0.1) is 0 Å². The third-order valence-electron chi connectivity index (χ3n) is 4.06. The van der Waals surface area contributed by atoms with Crippen LogP contribution in [0.4, 0.5) is 5.69 Å². The fourth-order valence-corrected chi connectivity index (χ4v) is 2.73. The van der Waals surface area contributed by atoms with Crippen molar-refractivity contribution in [2.24, 2.45) is 0 Å². The maximum absolute atomic E-state index is 12.7. The number of nitrogens with zero attached hydrogens (tertiary/aromatic N) is 1. The second-order valence-corrected chi connectivity index (χ2v) is 5.86. The molecule has 1 heterocycles. The van der Waals surface area contributed by atoms with Crippen molar-refractivity contribution in [3.05, 3.63) is 54.6 Å². The van der Waals surface area contributed by atoms with E-state index in [1.54, 1.807) is 30.0 Å². The van der Waals surface area contributed by atoms with E-state index < -0.39 is 18.2 Å². The van der Waals surface area contributed by atoms with Crippen molar-refractivity contribution in [3.8, 4) is 11.5 Å². The second kappa shape index (κ2) is 7.91. The van der Waals surface area contributed by atoms with Gasteiger partial charge in [0.1, 0.15) is 6.61 Å². The maximum Gasteiger partial charge on any atom is 0.351 e. The summed E-state index contributed by atoms with van der Waals surface area (Å²) in [5.41, 5.74) is 0.758. The Bertz CT molecular complexity index is 777. The number of esters is 1. The minimum absolute atomic E-state index is 0.0485. The van der Waals surface area contributed by atoms with Crippen LogP contribution in [0.1, 0.15) is 13.8 Å². The zero-order valence-electron chi connectivity index (χ0n) is 14.8. The predicted molar refractivity (Wildman–Crippen MR) is 96.4 cm³/mol. The monoisotopic (exact) mass is 355 g/mol. The molecule has 0 bridgehead atoms. The highest BCUT2D eigenvalue weighted by Gasteiger charge is 2.32. The Kier molecular flexibility index (Phi) is 5.41. The number of benzene rings is 2. The van der Waals surface area contributed by atoms with Gasteiger partial charge in [0, 0.05) is 12.2 Å². The number of likely N-dealkylation sites (N-methyl/N-ethyl adjacent to an activating group) is 1. The lowest BCUT2D eigenvalue weighted by atomic mass is 10.2. The zero-order chi connectivity index (χ0) is 18.5. The average molecular weight is 355 g/mol. The van der Waals surface area contributed by atoms with Gasteiger partial charge in [0.15, 0.2) is 17.6 Å². The largest absolute Gasteiger partial charge is 0.485 e. The Labute approximate surface area is 152 Å². The molecule has 0 radical (unpaired) electrons. The standard InChI is InChI=1S/C20H21NO5/c1-3-21(15-9-5-4-6-10-15)19(22)14(2)25-20(23)18-13-24-16-11-7-8-12-17(16)26-18/h4-12,14,18H,3,13H2,1-2H3/t14-,18+/m0/s1. The van der Waals surface area contributed by atoms with E-state index in [1.807, 2.05) is 43.3 Å². The minimum atomic E-state index is -0.927. The smallest absolute Gasteiger partial charge is 0.351 e. The number of ether oxygens (including phenoxy) is 3. The topological polar surface area (TPSA) is 65.1 Å². The number of carbonyl (C=O) groups excluding carboxylic acids is 2. The van der Waals surface area contributed by atoms with E-state index in [4.69, 9.17) is 14.2 Å².